The van der Waals surface area contributed by atoms with Crippen LogP contribution in [0.25, 0.3) is 10.4 Å². The van der Waals surface area contributed by atoms with Crippen molar-refractivity contribution in [2.45, 2.75) is 25.6 Å². The summed E-state index contributed by atoms with van der Waals surface area (Å²) in [5, 5.41) is 3.64. The summed E-state index contributed by atoms with van der Waals surface area (Å²) in [6.45, 7) is 5.78. The number of azide groups is 1. The Hall–Kier alpha value is -1.78. The van der Waals surface area contributed by atoms with Gasteiger partial charge < -0.3 is 9.64 Å². The predicted molar refractivity (Wildman–Crippen MR) is 69.4 cm³/mol. The summed E-state index contributed by atoms with van der Waals surface area (Å²) in [6.07, 6.45) is 1.86. The minimum Gasteiger partial charge on any atom is -0.369 e. The molecule has 6 nitrogen and oxygen atoms in total. The molecule has 0 amide bonds. The summed E-state index contributed by atoms with van der Waals surface area (Å²) < 4.78 is 5.89. The highest BCUT2D eigenvalue weighted by molar-refractivity contribution is 5.39. The molecule has 2 heterocycles. The van der Waals surface area contributed by atoms with Gasteiger partial charge in [-0.25, -0.2) is 4.98 Å². The van der Waals surface area contributed by atoms with Gasteiger partial charge in [-0.3, -0.25) is 0 Å². The highest BCUT2D eigenvalue weighted by atomic mass is 16.5. The van der Waals surface area contributed by atoms with E-state index < -0.39 is 5.60 Å². The summed E-state index contributed by atoms with van der Waals surface area (Å²) in [5.74, 6) is 0.930. The third-order valence-corrected chi connectivity index (χ3v) is 2.93. The number of morpholine rings is 1. The second kappa shape index (κ2) is 5.25. The van der Waals surface area contributed by atoms with Crippen LogP contribution in [0.5, 0.6) is 0 Å². The molecule has 2 unspecified atom stereocenters. The molecule has 1 aromatic rings. The molecule has 0 spiro atoms. The van der Waals surface area contributed by atoms with E-state index >= 15 is 0 Å². The van der Waals surface area contributed by atoms with E-state index in [4.69, 9.17) is 10.3 Å². The van der Waals surface area contributed by atoms with Gasteiger partial charge in [0.25, 0.3) is 0 Å². The van der Waals surface area contributed by atoms with Crippen molar-refractivity contribution < 1.29 is 4.74 Å². The lowest BCUT2D eigenvalue weighted by Crippen LogP contribution is -2.55. The molecule has 6 heteroatoms. The van der Waals surface area contributed by atoms with Crippen LogP contribution in [-0.2, 0) is 4.74 Å². The maximum atomic E-state index is 8.44. The van der Waals surface area contributed by atoms with Gasteiger partial charge in [0, 0.05) is 24.2 Å². The zero-order chi connectivity index (χ0) is 13.0. The number of hydrogen-bond acceptors (Lipinski definition) is 4. The molecule has 0 N–H and O–H groups in total. The molecule has 0 aromatic carbocycles. The Morgan fingerprint density at radius 1 is 1.67 bits per heavy atom. The second-order valence-corrected chi connectivity index (χ2v) is 4.84. The van der Waals surface area contributed by atoms with Crippen molar-refractivity contribution in [3.05, 3.63) is 34.8 Å². The molecule has 1 fully saturated rings. The Bertz CT molecular complexity index is 445. The van der Waals surface area contributed by atoms with Gasteiger partial charge in [0.1, 0.15) is 5.82 Å². The summed E-state index contributed by atoms with van der Waals surface area (Å²) in [6, 6.07) is 5.84. The van der Waals surface area contributed by atoms with E-state index in [1.807, 2.05) is 32.0 Å². The van der Waals surface area contributed by atoms with Gasteiger partial charge in [0.15, 0.2) is 0 Å². The topological polar surface area (TPSA) is 74.1 Å². The number of rotatable bonds is 3. The van der Waals surface area contributed by atoms with Crippen molar-refractivity contribution in [3.63, 3.8) is 0 Å². The van der Waals surface area contributed by atoms with Gasteiger partial charge >= 0.3 is 0 Å². The SMILES string of the molecule is CC1CN(c2ccccn2)CC(C)(CN=[N+]=[N-])O1. The summed E-state index contributed by atoms with van der Waals surface area (Å²) in [4.78, 5) is 9.33. The second-order valence-electron chi connectivity index (χ2n) is 4.84. The average molecular weight is 247 g/mol. The molecule has 1 aliphatic rings. The fraction of sp³-hybridized carbons (Fsp3) is 0.583. The van der Waals surface area contributed by atoms with Crippen molar-refractivity contribution in [3.8, 4) is 0 Å². The van der Waals surface area contributed by atoms with Gasteiger partial charge in [0.2, 0.25) is 0 Å². The first kappa shape index (κ1) is 12.7. The van der Waals surface area contributed by atoms with E-state index in [1.165, 1.54) is 0 Å². The van der Waals surface area contributed by atoms with Gasteiger partial charge in [-0.05, 0) is 31.5 Å². The summed E-state index contributed by atoms with van der Waals surface area (Å²) in [5.41, 5.74) is 7.98. The quantitative estimate of drug-likeness (QED) is 0.467. The maximum absolute atomic E-state index is 8.44. The Morgan fingerprint density at radius 2 is 2.50 bits per heavy atom. The van der Waals surface area contributed by atoms with Crippen LogP contribution in [0.15, 0.2) is 29.5 Å². The molecule has 18 heavy (non-hydrogen) atoms. The van der Waals surface area contributed by atoms with Gasteiger partial charge in [-0.1, -0.05) is 11.2 Å². The van der Waals surface area contributed by atoms with Crippen LogP contribution in [0, 0.1) is 0 Å². The van der Waals surface area contributed by atoms with E-state index in [1.54, 1.807) is 6.20 Å². The minimum atomic E-state index is -0.457. The van der Waals surface area contributed by atoms with Crippen LogP contribution in [0.3, 0.4) is 0 Å². The Kier molecular flexibility index (Phi) is 3.69. The highest BCUT2D eigenvalue weighted by Crippen LogP contribution is 2.25. The first-order valence-corrected chi connectivity index (χ1v) is 5.98. The lowest BCUT2D eigenvalue weighted by Gasteiger charge is -2.43. The van der Waals surface area contributed by atoms with E-state index in [-0.39, 0.29) is 6.10 Å². The van der Waals surface area contributed by atoms with Crippen LogP contribution in [0.1, 0.15) is 13.8 Å². The van der Waals surface area contributed by atoms with Crippen molar-refractivity contribution in [1.29, 1.82) is 0 Å². The molecule has 96 valence electrons. The molecule has 0 aliphatic carbocycles. The molecular weight excluding hydrogens is 230 g/mol. The summed E-state index contributed by atoms with van der Waals surface area (Å²) in [7, 11) is 0. The van der Waals surface area contributed by atoms with Crippen molar-refractivity contribution in [1.82, 2.24) is 4.98 Å². The highest BCUT2D eigenvalue weighted by Gasteiger charge is 2.35. The smallest absolute Gasteiger partial charge is 0.128 e. The fourth-order valence-electron chi connectivity index (χ4n) is 2.32. The van der Waals surface area contributed by atoms with Crippen LogP contribution >= 0.6 is 0 Å². The molecule has 1 aliphatic heterocycles. The normalized spacial score (nSPS) is 27.7. The van der Waals surface area contributed by atoms with Gasteiger partial charge in [-0.15, -0.1) is 0 Å². The van der Waals surface area contributed by atoms with Crippen molar-refractivity contribution in [2.24, 2.45) is 5.11 Å². The number of anilines is 1. The van der Waals surface area contributed by atoms with Gasteiger partial charge in [-0.2, -0.15) is 0 Å². The molecule has 0 radical (unpaired) electrons. The van der Waals surface area contributed by atoms with E-state index in [0.717, 1.165) is 12.4 Å². The first-order valence-electron chi connectivity index (χ1n) is 5.98. The zero-order valence-corrected chi connectivity index (χ0v) is 10.7. The number of nitrogens with zero attached hydrogens (tertiary/aromatic N) is 5. The van der Waals surface area contributed by atoms with E-state index in [9.17, 15) is 0 Å². The molecule has 0 bridgehead atoms. The van der Waals surface area contributed by atoms with E-state index in [0.29, 0.717) is 13.1 Å². The molecule has 1 aromatic heterocycles. The molecule has 2 rings (SSSR count). The maximum Gasteiger partial charge on any atom is 0.128 e. The van der Waals surface area contributed by atoms with Crippen LogP contribution < -0.4 is 4.90 Å². The number of hydrogen-bond donors (Lipinski definition) is 0. The Balaban J connectivity index is 2.16. The molecular formula is C12H17N5O. The van der Waals surface area contributed by atoms with Crippen LogP contribution in [-0.4, -0.2) is 36.3 Å². The van der Waals surface area contributed by atoms with Crippen LogP contribution in [0.2, 0.25) is 0 Å². The summed E-state index contributed by atoms with van der Waals surface area (Å²) >= 11 is 0. The van der Waals surface area contributed by atoms with E-state index in [2.05, 4.69) is 19.9 Å². The first-order chi connectivity index (χ1) is 8.63. The molecule has 2 atom stereocenters. The lowest BCUT2D eigenvalue weighted by molar-refractivity contribution is -0.0808. The number of pyridine rings is 1. The van der Waals surface area contributed by atoms with Crippen molar-refractivity contribution in [2.75, 3.05) is 24.5 Å². The average Bonchev–Trinajstić information content (AvgIpc) is 2.36. The standard InChI is InChI=1S/C12H17N5O/c1-10-7-17(11-5-3-4-6-14-11)9-12(2,18-10)8-15-16-13/h3-6,10H,7-9H2,1-2H3. The largest absolute Gasteiger partial charge is 0.369 e. The third-order valence-electron chi connectivity index (χ3n) is 2.93. The van der Waals surface area contributed by atoms with Gasteiger partial charge in [0.05, 0.1) is 18.2 Å². The monoisotopic (exact) mass is 247 g/mol. The molecule has 0 saturated carbocycles. The Labute approximate surface area is 106 Å². The Morgan fingerprint density at radius 3 is 3.17 bits per heavy atom. The zero-order valence-electron chi connectivity index (χ0n) is 10.7. The third kappa shape index (κ3) is 2.91. The number of ether oxygens (including phenoxy) is 1. The fourth-order valence-corrected chi connectivity index (χ4v) is 2.32. The lowest BCUT2D eigenvalue weighted by atomic mass is 10.0. The molecule has 1 saturated heterocycles. The number of aromatic nitrogens is 1. The minimum absolute atomic E-state index is 0.0830. The van der Waals surface area contributed by atoms with Crippen molar-refractivity contribution >= 4 is 5.82 Å². The van der Waals surface area contributed by atoms with Crippen LogP contribution in [0.4, 0.5) is 5.82 Å². The predicted octanol–water partition coefficient (Wildman–Crippen LogP) is 2.38.